The maximum absolute atomic E-state index is 12.1. The number of unbranched alkanes of at least 4 members (excludes halogenated alkanes) is 1. The lowest BCUT2D eigenvalue weighted by Gasteiger charge is -2.03. The molecule has 0 aromatic carbocycles. The topological polar surface area (TPSA) is 72.2 Å². The van der Waals surface area contributed by atoms with Crippen LogP contribution >= 0.6 is 11.3 Å². The van der Waals surface area contributed by atoms with Crippen LogP contribution in [0.2, 0.25) is 0 Å². The molecule has 0 spiro atoms. The molecule has 0 bridgehead atoms. The lowest BCUT2D eigenvalue weighted by molar-refractivity contribution is -0.118. The van der Waals surface area contributed by atoms with Gasteiger partial charge in [0.15, 0.2) is 0 Å². The maximum Gasteiger partial charge on any atom is 0.236 e. The van der Waals surface area contributed by atoms with Gasteiger partial charge in [-0.1, -0.05) is 19.4 Å². The summed E-state index contributed by atoms with van der Waals surface area (Å²) in [5.74, 6) is 1.27. The summed E-state index contributed by atoms with van der Waals surface area (Å²) >= 11 is 1.54. The number of nitrogens with zero attached hydrogens (tertiary/aromatic N) is 1. The van der Waals surface area contributed by atoms with Crippen molar-refractivity contribution in [3.05, 3.63) is 29.0 Å². The van der Waals surface area contributed by atoms with Crippen LogP contribution in [0.1, 0.15) is 31.2 Å². The molecule has 2 aromatic heterocycles. The molecule has 2 heterocycles. The van der Waals surface area contributed by atoms with E-state index in [2.05, 4.69) is 17.2 Å². The minimum absolute atomic E-state index is 0.00432. The van der Waals surface area contributed by atoms with Gasteiger partial charge in [0.25, 0.3) is 0 Å². The molecule has 0 aliphatic heterocycles. The van der Waals surface area contributed by atoms with E-state index in [4.69, 9.17) is 4.42 Å². The van der Waals surface area contributed by atoms with Gasteiger partial charge in [0, 0.05) is 17.3 Å². The molecule has 0 saturated carbocycles. The average molecular weight is 340 g/mol. The SMILES string of the molecule is CCCCNC(=O)C[S@](=O)Cc1nc(-c2cccs2)oc1C. The smallest absolute Gasteiger partial charge is 0.236 e. The van der Waals surface area contributed by atoms with Crippen molar-refractivity contribution in [1.82, 2.24) is 10.3 Å². The number of carbonyl (C=O) groups excluding carboxylic acids is 1. The summed E-state index contributed by atoms with van der Waals surface area (Å²) in [4.78, 5) is 17.0. The third-order valence-corrected chi connectivity index (χ3v) is 5.10. The number of hydrogen-bond donors (Lipinski definition) is 1. The lowest BCUT2D eigenvalue weighted by Crippen LogP contribution is -2.29. The van der Waals surface area contributed by atoms with E-state index in [1.54, 1.807) is 18.3 Å². The first kappa shape index (κ1) is 16.9. The number of amides is 1. The number of aromatic nitrogens is 1. The number of aryl methyl sites for hydroxylation is 1. The molecule has 0 aliphatic carbocycles. The molecule has 1 N–H and O–H groups in total. The fourth-order valence-corrected chi connectivity index (χ4v) is 3.59. The molecule has 22 heavy (non-hydrogen) atoms. The minimum Gasteiger partial charge on any atom is -0.440 e. The van der Waals surface area contributed by atoms with Crippen LogP contribution in [0.15, 0.2) is 21.9 Å². The van der Waals surface area contributed by atoms with E-state index in [-0.39, 0.29) is 17.4 Å². The zero-order valence-electron chi connectivity index (χ0n) is 12.8. The van der Waals surface area contributed by atoms with Gasteiger partial charge in [-0.05, 0) is 24.8 Å². The summed E-state index contributed by atoms with van der Waals surface area (Å²) in [6, 6.07) is 3.86. The quantitative estimate of drug-likeness (QED) is 0.750. The van der Waals surface area contributed by atoms with Crippen molar-refractivity contribution >= 4 is 28.0 Å². The molecule has 0 saturated heterocycles. The molecule has 0 radical (unpaired) electrons. The third kappa shape index (κ3) is 4.78. The zero-order valence-corrected chi connectivity index (χ0v) is 14.4. The van der Waals surface area contributed by atoms with Crippen LogP contribution in [-0.4, -0.2) is 27.4 Å². The van der Waals surface area contributed by atoms with E-state index in [0.29, 0.717) is 23.9 Å². The zero-order chi connectivity index (χ0) is 15.9. The molecular weight excluding hydrogens is 320 g/mol. The van der Waals surface area contributed by atoms with Gasteiger partial charge in [-0.3, -0.25) is 9.00 Å². The van der Waals surface area contributed by atoms with Gasteiger partial charge in [-0.2, -0.15) is 0 Å². The predicted octanol–water partition coefficient (Wildman–Crippen LogP) is 2.88. The van der Waals surface area contributed by atoms with Gasteiger partial charge in [-0.25, -0.2) is 4.98 Å². The molecule has 0 unspecified atom stereocenters. The van der Waals surface area contributed by atoms with Crippen LogP contribution < -0.4 is 5.32 Å². The van der Waals surface area contributed by atoms with Gasteiger partial charge >= 0.3 is 0 Å². The van der Waals surface area contributed by atoms with E-state index in [1.807, 2.05) is 17.5 Å². The fraction of sp³-hybridized carbons (Fsp3) is 0.467. The van der Waals surface area contributed by atoms with Crippen molar-refractivity contribution in [2.24, 2.45) is 0 Å². The average Bonchev–Trinajstić information content (AvgIpc) is 3.09. The Hall–Kier alpha value is -1.47. The molecular formula is C15H20N2O3S2. The number of hydrogen-bond acceptors (Lipinski definition) is 5. The van der Waals surface area contributed by atoms with Gasteiger partial charge in [0.05, 0.1) is 16.3 Å². The van der Waals surface area contributed by atoms with Crippen LogP contribution in [0, 0.1) is 6.92 Å². The van der Waals surface area contributed by atoms with Crippen molar-refractivity contribution < 1.29 is 13.4 Å². The summed E-state index contributed by atoms with van der Waals surface area (Å²) in [5, 5.41) is 4.72. The summed E-state index contributed by atoms with van der Waals surface area (Å²) in [6.45, 7) is 4.50. The first-order valence-corrected chi connectivity index (χ1v) is 9.58. The van der Waals surface area contributed by atoms with E-state index in [9.17, 15) is 9.00 Å². The molecule has 0 fully saturated rings. The molecule has 2 rings (SSSR count). The Kier molecular flexibility index (Phi) is 6.33. The Labute approximate surface area is 136 Å². The Morgan fingerprint density at radius 3 is 3.00 bits per heavy atom. The maximum atomic E-state index is 12.1. The minimum atomic E-state index is -1.28. The van der Waals surface area contributed by atoms with E-state index < -0.39 is 10.8 Å². The molecule has 5 nitrogen and oxygen atoms in total. The highest BCUT2D eigenvalue weighted by Gasteiger charge is 2.16. The predicted molar refractivity (Wildman–Crippen MR) is 89.2 cm³/mol. The van der Waals surface area contributed by atoms with Crippen LogP contribution in [0.3, 0.4) is 0 Å². The molecule has 1 atom stereocenters. The van der Waals surface area contributed by atoms with Crippen LogP contribution in [0.25, 0.3) is 10.8 Å². The van der Waals surface area contributed by atoms with Gasteiger partial charge in [0.1, 0.15) is 11.5 Å². The third-order valence-electron chi connectivity index (χ3n) is 3.07. The second-order valence-corrected chi connectivity index (χ2v) is 7.34. The molecule has 120 valence electrons. The second-order valence-electron chi connectivity index (χ2n) is 4.93. The van der Waals surface area contributed by atoms with Crippen LogP contribution in [0.5, 0.6) is 0 Å². The van der Waals surface area contributed by atoms with E-state index in [1.165, 1.54) is 0 Å². The number of carbonyl (C=O) groups is 1. The highest BCUT2D eigenvalue weighted by molar-refractivity contribution is 7.84. The lowest BCUT2D eigenvalue weighted by atomic mass is 10.3. The normalized spacial score (nSPS) is 12.3. The highest BCUT2D eigenvalue weighted by Crippen LogP contribution is 2.26. The number of nitrogens with one attached hydrogen (secondary N) is 1. The molecule has 2 aromatic rings. The molecule has 1 amide bonds. The number of oxazole rings is 1. The molecule has 7 heteroatoms. The van der Waals surface area contributed by atoms with Crippen molar-refractivity contribution in [2.75, 3.05) is 12.3 Å². The van der Waals surface area contributed by atoms with E-state index in [0.717, 1.165) is 17.7 Å². The van der Waals surface area contributed by atoms with Gasteiger partial charge in [0.2, 0.25) is 11.8 Å². The summed E-state index contributed by atoms with van der Waals surface area (Å²) in [7, 11) is -1.28. The second kappa shape index (κ2) is 8.24. The monoisotopic (exact) mass is 340 g/mol. The Morgan fingerprint density at radius 1 is 1.50 bits per heavy atom. The standard InChI is InChI=1S/C15H20N2O3S2/c1-3-4-7-16-14(18)10-22(19)9-12-11(2)20-15(17-12)13-6-5-8-21-13/h5-6,8H,3-4,7,9-10H2,1-2H3,(H,16,18)/t22-/m1/s1. The Balaban J connectivity index is 1.90. The largest absolute Gasteiger partial charge is 0.440 e. The highest BCUT2D eigenvalue weighted by atomic mass is 32.2. The van der Waals surface area contributed by atoms with Crippen LogP contribution in [0.4, 0.5) is 0 Å². The van der Waals surface area contributed by atoms with Crippen molar-refractivity contribution in [1.29, 1.82) is 0 Å². The molecule has 0 aliphatic rings. The first-order valence-electron chi connectivity index (χ1n) is 7.22. The van der Waals surface area contributed by atoms with Crippen molar-refractivity contribution in [3.63, 3.8) is 0 Å². The summed E-state index contributed by atoms with van der Waals surface area (Å²) < 4.78 is 17.7. The fourth-order valence-electron chi connectivity index (χ4n) is 1.87. The van der Waals surface area contributed by atoms with Crippen LogP contribution in [-0.2, 0) is 21.3 Å². The summed E-state index contributed by atoms with van der Waals surface area (Å²) in [6.07, 6.45) is 1.96. The van der Waals surface area contributed by atoms with Gasteiger partial charge < -0.3 is 9.73 Å². The Bertz CT molecular complexity index is 635. The number of rotatable bonds is 8. The number of thiophene rings is 1. The van der Waals surface area contributed by atoms with Crippen molar-refractivity contribution in [2.45, 2.75) is 32.4 Å². The van der Waals surface area contributed by atoms with Crippen molar-refractivity contribution in [3.8, 4) is 10.8 Å². The Morgan fingerprint density at radius 2 is 2.32 bits per heavy atom. The van der Waals surface area contributed by atoms with Gasteiger partial charge in [-0.15, -0.1) is 11.3 Å². The first-order chi connectivity index (χ1) is 10.6. The van der Waals surface area contributed by atoms with E-state index >= 15 is 0 Å². The summed E-state index contributed by atoms with van der Waals surface area (Å²) in [5.41, 5.74) is 0.656.